The van der Waals surface area contributed by atoms with E-state index in [9.17, 15) is 13.2 Å². The molecular formula is C15H22N2O3S. The van der Waals surface area contributed by atoms with E-state index in [1.54, 1.807) is 4.90 Å². The average molecular weight is 310 g/mol. The molecule has 0 unspecified atom stereocenters. The van der Waals surface area contributed by atoms with E-state index < -0.39 is 10.0 Å². The van der Waals surface area contributed by atoms with Gasteiger partial charge in [-0.15, -0.1) is 0 Å². The number of carbonyl (C=O) groups excluding carboxylic acids is 1. The molecule has 0 saturated carbocycles. The van der Waals surface area contributed by atoms with Crippen molar-refractivity contribution in [2.45, 2.75) is 26.3 Å². The van der Waals surface area contributed by atoms with Gasteiger partial charge >= 0.3 is 0 Å². The summed E-state index contributed by atoms with van der Waals surface area (Å²) in [5.74, 6) is 0.299. The molecule has 2 rings (SSSR count). The highest BCUT2D eigenvalue weighted by molar-refractivity contribution is 7.89. The second kappa shape index (κ2) is 7.04. The standard InChI is InChI=1S/C15H22N2O3S/c1-2-8-21(19,20)16-10-14-9-15(18)17(12-14)11-13-6-4-3-5-7-13/h3-7,14,16H,2,8-12H2,1H3/t14-/m1/s1. The van der Waals surface area contributed by atoms with Gasteiger partial charge < -0.3 is 4.90 Å². The SMILES string of the molecule is CCCS(=O)(=O)NC[C@H]1CC(=O)N(Cc2ccccc2)C1. The van der Waals surface area contributed by atoms with Crippen molar-refractivity contribution < 1.29 is 13.2 Å². The lowest BCUT2D eigenvalue weighted by molar-refractivity contribution is -0.128. The zero-order valence-corrected chi connectivity index (χ0v) is 13.1. The topological polar surface area (TPSA) is 66.5 Å². The number of carbonyl (C=O) groups is 1. The van der Waals surface area contributed by atoms with E-state index in [-0.39, 0.29) is 17.6 Å². The molecule has 0 aliphatic carbocycles. The first-order valence-electron chi connectivity index (χ1n) is 7.29. The van der Waals surface area contributed by atoms with Gasteiger partial charge in [0.25, 0.3) is 0 Å². The Balaban J connectivity index is 1.85. The number of sulfonamides is 1. The molecule has 1 N–H and O–H groups in total. The molecule has 1 amide bonds. The summed E-state index contributed by atoms with van der Waals surface area (Å²) in [5.41, 5.74) is 1.10. The van der Waals surface area contributed by atoms with Crippen LogP contribution in [0.3, 0.4) is 0 Å². The van der Waals surface area contributed by atoms with Crippen LogP contribution in [0.2, 0.25) is 0 Å². The summed E-state index contributed by atoms with van der Waals surface area (Å²) in [4.78, 5) is 13.8. The average Bonchev–Trinajstić information content (AvgIpc) is 2.78. The van der Waals surface area contributed by atoms with E-state index in [2.05, 4.69) is 4.72 Å². The maximum absolute atomic E-state index is 12.0. The van der Waals surface area contributed by atoms with Crippen molar-refractivity contribution in [1.29, 1.82) is 0 Å². The van der Waals surface area contributed by atoms with E-state index in [4.69, 9.17) is 0 Å². The van der Waals surface area contributed by atoms with E-state index >= 15 is 0 Å². The predicted molar refractivity (Wildman–Crippen MR) is 82.0 cm³/mol. The Morgan fingerprint density at radius 1 is 1.29 bits per heavy atom. The van der Waals surface area contributed by atoms with Crippen molar-refractivity contribution in [3.63, 3.8) is 0 Å². The van der Waals surface area contributed by atoms with Crippen molar-refractivity contribution in [2.75, 3.05) is 18.8 Å². The second-order valence-electron chi connectivity index (χ2n) is 5.50. The molecule has 1 aliphatic rings. The summed E-state index contributed by atoms with van der Waals surface area (Å²) in [7, 11) is -3.19. The highest BCUT2D eigenvalue weighted by Crippen LogP contribution is 2.19. The third-order valence-electron chi connectivity index (χ3n) is 3.58. The molecule has 0 aromatic heterocycles. The second-order valence-corrected chi connectivity index (χ2v) is 7.42. The molecule has 1 atom stereocenters. The Morgan fingerprint density at radius 3 is 2.67 bits per heavy atom. The van der Waals surface area contributed by atoms with Crippen LogP contribution in [0, 0.1) is 5.92 Å². The van der Waals surface area contributed by atoms with Crippen LogP contribution >= 0.6 is 0 Å². The van der Waals surface area contributed by atoms with Gasteiger partial charge in [-0.1, -0.05) is 37.3 Å². The fourth-order valence-electron chi connectivity index (χ4n) is 2.53. The van der Waals surface area contributed by atoms with Crippen LogP contribution in [0.4, 0.5) is 0 Å². The van der Waals surface area contributed by atoms with Crippen molar-refractivity contribution in [1.82, 2.24) is 9.62 Å². The van der Waals surface area contributed by atoms with Gasteiger partial charge in [0.1, 0.15) is 0 Å². The molecule has 1 saturated heterocycles. The molecule has 5 nitrogen and oxygen atoms in total. The summed E-state index contributed by atoms with van der Waals surface area (Å²) in [6.45, 7) is 3.39. The summed E-state index contributed by atoms with van der Waals surface area (Å²) >= 11 is 0. The van der Waals surface area contributed by atoms with Gasteiger partial charge in [-0.2, -0.15) is 0 Å². The first kappa shape index (κ1) is 16.0. The maximum Gasteiger partial charge on any atom is 0.223 e. The number of rotatable bonds is 7. The minimum atomic E-state index is -3.19. The van der Waals surface area contributed by atoms with Gasteiger partial charge in [0, 0.05) is 26.1 Å². The van der Waals surface area contributed by atoms with E-state index in [1.807, 2.05) is 37.3 Å². The summed E-state index contributed by atoms with van der Waals surface area (Å²) in [6.07, 6.45) is 1.01. The molecule has 1 aromatic rings. The number of hydrogen-bond acceptors (Lipinski definition) is 3. The van der Waals surface area contributed by atoms with Gasteiger partial charge in [-0.25, -0.2) is 13.1 Å². The number of likely N-dealkylation sites (tertiary alicyclic amines) is 1. The largest absolute Gasteiger partial charge is 0.338 e. The molecule has 1 fully saturated rings. The lowest BCUT2D eigenvalue weighted by Gasteiger charge is -2.17. The van der Waals surface area contributed by atoms with Crippen LogP contribution in [-0.2, 0) is 21.4 Å². The molecule has 0 spiro atoms. The van der Waals surface area contributed by atoms with Gasteiger partial charge in [0.2, 0.25) is 15.9 Å². The Bertz CT molecular complexity index is 572. The molecule has 21 heavy (non-hydrogen) atoms. The minimum absolute atomic E-state index is 0.0628. The zero-order valence-electron chi connectivity index (χ0n) is 12.3. The summed E-state index contributed by atoms with van der Waals surface area (Å²) in [5, 5.41) is 0. The van der Waals surface area contributed by atoms with Gasteiger partial charge in [-0.3, -0.25) is 4.79 Å². The summed E-state index contributed by atoms with van der Waals surface area (Å²) < 4.78 is 25.9. The predicted octanol–water partition coefficient (Wildman–Crippen LogP) is 1.36. The van der Waals surface area contributed by atoms with E-state index in [1.165, 1.54) is 0 Å². The maximum atomic E-state index is 12.0. The quantitative estimate of drug-likeness (QED) is 0.827. The van der Waals surface area contributed by atoms with E-state index in [0.29, 0.717) is 32.5 Å². The van der Waals surface area contributed by atoms with Crippen LogP contribution in [0.25, 0.3) is 0 Å². The van der Waals surface area contributed by atoms with Crippen molar-refractivity contribution in [2.24, 2.45) is 5.92 Å². The number of hydrogen-bond donors (Lipinski definition) is 1. The van der Waals surface area contributed by atoms with Gasteiger partial charge in [-0.05, 0) is 17.9 Å². The number of nitrogens with one attached hydrogen (secondary N) is 1. The first-order chi connectivity index (χ1) is 10.00. The number of amides is 1. The zero-order chi connectivity index (χ0) is 15.3. The Kier molecular flexibility index (Phi) is 5.36. The van der Waals surface area contributed by atoms with Crippen LogP contribution < -0.4 is 4.72 Å². The Labute approximate surface area is 126 Å². The van der Waals surface area contributed by atoms with Gasteiger partial charge in [0.15, 0.2) is 0 Å². The number of benzene rings is 1. The van der Waals surface area contributed by atoms with Crippen LogP contribution in [0.15, 0.2) is 30.3 Å². The minimum Gasteiger partial charge on any atom is -0.338 e. The molecule has 6 heteroatoms. The lowest BCUT2D eigenvalue weighted by atomic mass is 10.1. The Hall–Kier alpha value is -1.40. The molecule has 1 heterocycles. The smallest absolute Gasteiger partial charge is 0.223 e. The normalized spacial score (nSPS) is 19.2. The molecular weight excluding hydrogens is 288 g/mol. The molecule has 0 bridgehead atoms. The monoisotopic (exact) mass is 310 g/mol. The molecule has 116 valence electrons. The summed E-state index contributed by atoms with van der Waals surface area (Å²) in [6, 6.07) is 9.83. The van der Waals surface area contributed by atoms with Crippen molar-refractivity contribution >= 4 is 15.9 Å². The molecule has 1 aliphatic heterocycles. The Morgan fingerprint density at radius 2 is 2.00 bits per heavy atom. The number of nitrogens with zero attached hydrogens (tertiary/aromatic N) is 1. The lowest BCUT2D eigenvalue weighted by Crippen LogP contribution is -2.32. The highest BCUT2D eigenvalue weighted by Gasteiger charge is 2.30. The van der Waals surface area contributed by atoms with Gasteiger partial charge in [0.05, 0.1) is 5.75 Å². The molecule has 1 aromatic carbocycles. The van der Waals surface area contributed by atoms with Crippen molar-refractivity contribution in [3.05, 3.63) is 35.9 Å². The van der Waals surface area contributed by atoms with Crippen molar-refractivity contribution in [3.8, 4) is 0 Å². The van der Waals surface area contributed by atoms with Crippen LogP contribution in [0.5, 0.6) is 0 Å². The van der Waals surface area contributed by atoms with Crippen LogP contribution in [-0.4, -0.2) is 38.1 Å². The van der Waals surface area contributed by atoms with Crippen LogP contribution in [0.1, 0.15) is 25.3 Å². The third-order valence-corrected chi connectivity index (χ3v) is 5.13. The first-order valence-corrected chi connectivity index (χ1v) is 8.94. The fourth-order valence-corrected chi connectivity index (χ4v) is 3.70. The molecule has 0 radical (unpaired) electrons. The van der Waals surface area contributed by atoms with E-state index in [0.717, 1.165) is 5.56 Å². The third kappa shape index (κ3) is 4.82. The fraction of sp³-hybridized carbons (Fsp3) is 0.533. The highest BCUT2D eigenvalue weighted by atomic mass is 32.2.